The number of nitro groups is 1. The molecule has 2 aromatic rings. The van der Waals surface area contributed by atoms with Gasteiger partial charge in [0, 0.05) is 32.2 Å². The lowest BCUT2D eigenvalue weighted by Gasteiger charge is -2.36. The molecule has 0 saturated carbocycles. The van der Waals surface area contributed by atoms with Gasteiger partial charge >= 0.3 is 5.82 Å². The van der Waals surface area contributed by atoms with Crippen molar-refractivity contribution in [3.8, 4) is 0 Å². The first kappa shape index (κ1) is 18.5. The number of carbonyl (C=O) groups excluding carboxylic acids is 3. The van der Waals surface area contributed by atoms with Crippen LogP contribution in [0.5, 0.6) is 0 Å². The van der Waals surface area contributed by atoms with Gasteiger partial charge in [-0.05, 0) is 28.1 Å². The Morgan fingerprint density at radius 2 is 1.62 bits per heavy atom. The van der Waals surface area contributed by atoms with E-state index >= 15 is 0 Å². The molecule has 1 saturated heterocycles. The largest absolute Gasteiger partial charge is 0.365 e. The number of pyridine rings is 1. The van der Waals surface area contributed by atoms with E-state index in [1.807, 2.05) is 4.90 Å². The molecule has 0 aliphatic carbocycles. The standard InChI is InChI=1S/C19H17N5O5/c25-17(12-23-18(26)14-3-1-2-4-15(14)19(23)27)22-9-7-21(8-10-22)13-5-6-16(20-11-13)24(28)29/h1-6,11H,7-10,12H2. The first-order valence-corrected chi connectivity index (χ1v) is 9.04. The van der Waals surface area contributed by atoms with Crippen LogP contribution in [0.25, 0.3) is 0 Å². The lowest BCUT2D eigenvalue weighted by atomic mass is 10.1. The second-order valence-corrected chi connectivity index (χ2v) is 6.74. The van der Waals surface area contributed by atoms with Crippen molar-refractivity contribution < 1.29 is 19.3 Å². The smallest absolute Gasteiger partial charge is 0.363 e. The van der Waals surface area contributed by atoms with Gasteiger partial charge in [-0.2, -0.15) is 0 Å². The molecule has 10 nitrogen and oxygen atoms in total. The highest BCUT2D eigenvalue weighted by molar-refractivity contribution is 6.22. The number of piperazine rings is 1. The van der Waals surface area contributed by atoms with Crippen LogP contribution in [0.2, 0.25) is 0 Å². The van der Waals surface area contributed by atoms with E-state index in [9.17, 15) is 24.5 Å². The number of anilines is 1. The van der Waals surface area contributed by atoms with E-state index in [0.29, 0.717) is 37.3 Å². The third kappa shape index (κ3) is 3.40. The zero-order chi connectivity index (χ0) is 20.5. The maximum atomic E-state index is 12.6. The van der Waals surface area contributed by atoms with Crippen molar-refractivity contribution in [2.45, 2.75) is 0 Å². The summed E-state index contributed by atoms with van der Waals surface area (Å²) >= 11 is 0. The molecule has 2 aliphatic rings. The lowest BCUT2D eigenvalue weighted by molar-refractivity contribution is -0.389. The van der Waals surface area contributed by atoms with Crippen molar-refractivity contribution in [2.75, 3.05) is 37.6 Å². The third-order valence-electron chi connectivity index (χ3n) is 5.09. The van der Waals surface area contributed by atoms with Gasteiger partial charge in [-0.15, -0.1) is 0 Å². The number of nitrogens with zero attached hydrogens (tertiary/aromatic N) is 5. The Morgan fingerprint density at radius 1 is 1.00 bits per heavy atom. The molecule has 0 radical (unpaired) electrons. The Bertz CT molecular complexity index is 963. The summed E-state index contributed by atoms with van der Waals surface area (Å²) < 4.78 is 0. The molecule has 148 valence electrons. The van der Waals surface area contributed by atoms with Crippen molar-refractivity contribution in [2.24, 2.45) is 0 Å². The summed E-state index contributed by atoms with van der Waals surface area (Å²) in [5.74, 6) is -1.41. The van der Waals surface area contributed by atoms with Gasteiger partial charge in [-0.25, -0.2) is 0 Å². The van der Waals surface area contributed by atoms with Gasteiger partial charge in [0.2, 0.25) is 5.91 Å². The van der Waals surface area contributed by atoms with E-state index in [1.54, 1.807) is 35.2 Å². The molecule has 0 spiro atoms. The molecule has 0 bridgehead atoms. The highest BCUT2D eigenvalue weighted by atomic mass is 16.6. The van der Waals surface area contributed by atoms with Gasteiger partial charge < -0.3 is 19.9 Å². The van der Waals surface area contributed by atoms with Crippen LogP contribution in [0.3, 0.4) is 0 Å². The predicted molar refractivity (Wildman–Crippen MR) is 101 cm³/mol. The molecule has 0 atom stereocenters. The quantitative estimate of drug-likeness (QED) is 0.429. The summed E-state index contributed by atoms with van der Waals surface area (Å²) in [6.45, 7) is 1.59. The van der Waals surface area contributed by atoms with Crippen molar-refractivity contribution in [3.05, 3.63) is 63.8 Å². The topological polar surface area (TPSA) is 117 Å². The van der Waals surface area contributed by atoms with Gasteiger partial charge in [0.05, 0.1) is 16.8 Å². The predicted octanol–water partition coefficient (Wildman–Crippen LogP) is 0.935. The molecule has 1 aromatic heterocycles. The minimum absolute atomic E-state index is 0.219. The van der Waals surface area contributed by atoms with Gasteiger partial charge in [0.1, 0.15) is 6.54 Å². The average molecular weight is 395 g/mol. The van der Waals surface area contributed by atoms with Crippen molar-refractivity contribution in [1.82, 2.24) is 14.8 Å². The zero-order valence-electron chi connectivity index (χ0n) is 15.4. The second-order valence-electron chi connectivity index (χ2n) is 6.74. The average Bonchev–Trinajstić information content (AvgIpc) is 2.99. The van der Waals surface area contributed by atoms with Crippen molar-refractivity contribution in [1.29, 1.82) is 0 Å². The molecule has 4 rings (SSSR count). The Hall–Kier alpha value is -3.82. The number of carbonyl (C=O) groups is 3. The normalized spacial score (nSPS) is 16.2. The van der Waals surface area contributed by atoms with Gasteiger partial charge in [-0.1, -0.05) is 12.1 Å². The fourth-order valence-electron chi connectivity index (χ4n) is 3.51. The maximum absolute atomic E-state index is 12.6. The van der Waals surface area contributed by atoms with E-state index in [0.717, 1.165) is 10.6 Å². The Balaban J connectivity index is 1.36. The van der Waals surface area contributed by atoms with Crippen LogP contribution >= 0.6 is 0 Å². The summed E-state index contributed by atoms with van der Waals surface area (Å²) in [6, 6.07) is 9.49. The van der Waals surface area contributed by atoms with Crippen LogP contribution in [0, 0.1) is 10.1 Å². The van der Waals surface area contributed by atoms with E-state index in [4.69, 9.17) is 0 Å². The first-order chi connectivity index (χ1) is 14.0. The Labute approximate surface area is 165 Å². The Morgan fingerprint density at radius 3 is 2.14 bits per heavy atom. The summed E-state index contributed by atoms with van der Waals surface area (Å²) in [4.78, 5) is 56.0. The minimum atomic E-state index is -0.556. The van der Waals surface area contributed by atoms with Crippen LogP contribution < -0.4 is 4.90 Å². The van der Waals surface area contributed by atoms with Crippen LogP contribution in [0.4, 0.5) is 11.5 Å². The molecule has 10 heteroatoms. The molecule has 1 fully saturated rings. The summed E-state index contributed by atoms with van der Waals surface area (Å²) in [5, 5.41) is 10.7. The summed E-state index contributed by atoms with van der Waals surface area (Å²) in [6.07, 6.45) is 1.44. The van der Waals surface area contributed by atoms with Crippen LogP contribution in [0.1, 0.15) is 20.7 Å². The van der Waals surface area contributed by atoms with Gasteiger partial charge in [0.15, 0.2) is 6.20 Å². The zero-order valence-corrected chi connectivity index (χ0v) is 15.4. The van der Waals surface area contributed by atoms with Gasteiger partial charge in [-0.3, -0.25) is 19.3 Å². The van der Waals surface area contributed by atoms with Crippen LogP contribution in [0.15, 0.2) is 42.6 Å². The highest BCUT2D eigenvalue weighted by Gasteiger charge is 2.37. The number of hydrogen-bond acceptors (Lipinski definition) is 7. The number of hydrogen-bond donors (Lipinski definition) is 0. The molecule has 3 heterocycles. The SMILES string of the molecule is O=C(CN1C(=O)c2ccccc2C1=O)N1CCN(c2ccc([N+](=O)[O-])nc2)CC1. The number of rotatable bonds is 4. The monoisotopic (exact) mass is 395 g/mol. The maximum Gasteiger partial charge on any atom is 0.363 e. The number of fused-ring (bicyclic) bond motifs is 1. The van der Waals surface area contributed by atoms with E-state index in [-0.39, 0.29) is 18.3 Å². The van der Waals surface area contributed by atoms with Crippen molar-refractivity contribution >= 4 is 29.2 Å². The summed E-state index contributed by atoms with van der Waals surface area (Å²) in [5.41, 5.74) is 1.38. The second kappa shape index (κ2) is 7.30. The van der Waals surface area contributed by atoms with Crippen LogP contribution in [-0.2, 0) is 4.79 Å². The third-order valence-corrected chi connectivity index (χ3v) is 5.09. The van der Waals surface area contributed by atoms with E-state index in [1.165, 1.54) is 12.3 Å². The Kier molecular flexibility index (Phi) is 4.67. The van der Waals surface area contributed by atoms with Crippen molar-refractivity contribution in [3.63, 3.8) is 0 Å². The molecule has 29 heavy (non-hydrogen) atoms. The highest BCUT2D eigenvalue weighted by Crippen LogP contribution is 2.23. The molecule has 0 unspecified atom stereocenters. The van der Waals surface area contributed by atoms with E-state index in [2.05, 4.69) is 4.98 Å². The molecule has 0 N–H and O–H groups in total. The number of aromatic nitrogens is 1. The molecule has 2 aliphatic heterocycles. The summed E-state index contributed by atoms with van der Waals surface area (Å²) in [7, 11) is 0. The first-order valence-electron chi connectivity index (χ1n) is 9.04. The minimum Gasteiger partial charge on any atom is -0.365 e. The molecular weight excluding hydrogens is 378 g/mol. The fraction of sp³-hybridized carbons (Fsp3) is 0.263. The van der Waals surface area contributed by atoms with Gasteiger partial charge in [0.25, 0.3) is 11.8 Å². The number of benzene rings is 1. The van der Waals surface area contributed by atoms with Crippen LogP contribution in [-0.4, -0.2) is 70.2 Å². The number of amides is 3. The molecule has 1 aromatic carbocycles. The fourth-order valence-corrected chi connectivity index (χ4v) is 3.51. The molecular formula is C19H17N5O5. The van der Waals surface area contributed by atoms with E-state index < -0.39 is 16.7 Å². The molecule has 3 amide bonds. The number of imide groups is 1. The lowest BCUT2D eigenvalue weighted by Crippen LogP contribution is -2.51.